The van der Waals surface area contributed by atoms with Crippen molar-refractivity contribution in [1.82, 2.24) is 4.90 Å². The van der Waals surface area contributed by atoms with E-state index in [2.05, 4.69) is 0 Å². The fraction of sp³-hybridized carbons (Fsp3) is 0.211. The molecule has 24 heavy (non-hydrogen) atoms. The van der Waals surface area contributed by atoms with E-state index in [9.17, 15) is 14.4 Å². The third-order valence-corrected chi connectivity index (χ3v) is 4.19. The predicted molar refractivity (Wildman–Crippen MR) is 87.4 cm³/mol. The average Bonchev–Trinajstić information content (AvgIpc) is 2.85. The summed E-state index contributed by atoms with van der Waals surface area (Å²) < 4.78 is 5.29. The number of carbonyl (C=O) groups excluding carboxylic acids is 3. The normalized spacial score (nSPS) is 14.5. The van der Waals surface area contributed by atoms with E-state index < -0.39 is 23.8 Å². The Morgan fingerprint density at radius 2 is 1.54 bits per heavy atom. The molecule has 0 N–H and O–H groups in total. The van der Waals surface area contributed by atoms with Crippen molar-refractivity contribution >= 4 is 17.8 Å². The van der Waals surface area contributed by atoms with E-state index in [0.29, 0.717) is 11.1 Å². The van der Waals surface area contributed by atoms with Crippen molar-refractivity contribution in [2.24, 2.45) is 0 Å². The topological polar surface area (TPSA) is 63.7 Å². The van der Waals surface area contributed by atoms with E-state index >= 15 is 0 Å². The molecule has 122 valence electrons. The quantitative estimate of drug-likeness (QED) is 0.641. The molecule has 1 atom stereocenters. The van der Waals surface area contributed by atoms with E-state index in [1.165, 1.54) is 6.92 Å². The number of imide groups is 1. The summed E-state index contributed by atoms with van der Waals surface area (Å²) in [5, 5.41) is 0. The minimum atomic E-state index is -0.971. The van der Waals surface area contributed by atoms with Crippen LogP contribution in [-0.4, -0.2) is 28.7 Å². The lowest BCUT2D eigenvalue weighted by Gasteiger charge is -2.21. The second-order valence-corrected chi connectivity index (χ2v) is 5.74. The van der Waals surface area contributed by atoms with Gasteiger partial charge in [0.2, 0.25) is 0 Å². The molecule has 0 aromatic heterocycles. The van der Waals surface area contributed by atoms with Crippen LogP contribution >= 0.6 is 0 Å². The summed E-state index contributed by atoms with van der Waals surface area (Å²) in [6.45, 7) is 3.54. The molecule has 5 nitrogen and oxygen atoms in total. The Bertz CT molecular complexity index is 793. The summed E-state index contributed by atoms with van der Waals surface area (Å²) in [6, 6.07) is 13.1. The molecule has 0 aliphatic carbocycles. The largest absolute Gasteiger partial charge is 0.459 e. The minimum absolute atomic E-state index is 0.110. The maximum Gasteiger partial charge on any atom is 0.329 e. The second-order valence-electron chi connectivity index (χ2n) is 5.74. The maximum atomic E-state index is 12.4. The van der Waals surface area contributed by atoms with Gasteiger partial charge in [-0.3, -0.25) is 14.5 Å². The van der Waals surface area contributed by atoms with E-state index in [0.717, 1.165) is 16.0 Å². The summed E-state index contributed by atoms with van der Waals surface area (Å²) in [5.74, 6) is -1.53. The summed E-state index contributed by atoms with van der Waals surface area (Å²) in [4.78, 5) is 38.0. The van der Waals surface area contributed by atoms with Gasteiger partial charge < -0.3 is 4.74 Å². The standard InChI is InChI=1S/C19H17NO4/c1-12-7-3-4-8-14(12)11-24-19(23)13(2)20-17(21)15-9-5-6-10-16(15)18(20)22/h3-10,13H,11H2,1-2H3/t13-/m0/s1. The molecule has 3 rings (SSSR count). The molecule has 0 radical (unpaired) electrons. The van der Waals surface area contributed by atoms with Crippen LogP contribution in [0.2, 0.25) is 0 Å². The van der Waals surface area contributed by atoms with Crippen molar-refractivity contribution in [3.05, 3.63) is 70.8 Å². The van der Waals surface area contributed by atoms with Gasteiger partial charge in [-0.05, 0) is 37.1 Å². The molecule has 1 aliphatic rings. The van der Waals surface area contributed by atoms with Gasteiger partial charge in [-0.1, -0.05) is 36.4 Å². The maximum absolute atomic E-state index is 12.4. The first-order valence-electron chi connectivity index (χ1n) is 7.68. The Labute approximate surface area is 139 Å². The predicted octanol–water partition coefficient (Wildman–Crippen LogP) is 2.72. The molecule has 5 heteroatoms. The number of aryl methyl sites for hydroxylation is 1. The Kier molecular flexibility index (Phi) is 4.16. The fourth-order valence-electron chi connectivity index (χ4n) is 2.71. The minimum Gasteiger partial charge on any atom is -0.459 e. The molecule has 0 spiro atoms. The van der Waals surface area contributed by atoms with E-state index in [1.54, 1.807) is 24.3 Å². The fourth-order valence-corrected chi connectivity index (χ4v) is 2.71. The van der Waals surface area contributed by atoms with Crippen molar-refractivity contribution in [1.29, 1.82) is 0 Å². The second kappa shape index (κ2) is 6.28. The highest BCUT2D eigenvalue weighted by atomic mass is 16.5. The molecule has 2 amide bonds. The molecular formula is C19H17NO4. The van der Waals surface area contributed by atoms with Crippen LogP contribution in [0.5, 0.6) is 0 Å². The smallest absolute Gasteiger partial charge is 0.329 e. The number of benzene rings is 2. The molecule has 0 saturated heterocycles. The van der Waals surface area contributed by atoms with Crippen molar-refractivity contribution < 1.29 is 19.1 Å². The van der Waals surface area contributed by atoms with Crippen molar-refractivity contribution in [2.45, 2.75) is 26.5 Å². The van der Waals surface area contributed by atoms with Gasteiger partial charge in [0, 0.05) is 0 Å². The summed E-state index contributed by atoms with van der Waals surface area (Å²) in [6.07, 6.45) is 0. The van der Waals surface area contributed by atoms with Crippen LogP contribution in [-0.2, 0) is 16.1 Å². The van der Waals surface area contributed by atoms with Gasteiger partial charge >= 0.3 is 5.97 Å². The number of amides is 2. The molecule has 0 bridgehead atoms. The number of hydrogen-bond donors (Lipinski definition) is 0. The van der Waals surface area contributed by atoms with Gasteiger partial charge in [-0.25, -0.2) is 4.79 Å². The van der Waals surface area contributed by atoms with Crippen LogP contribution < -0.4 is 0 Å². The summed E-state index contributed by atoms with van der Waals surface area (Å²) >= 11 is 0. The zero-order valence-electron chi connectivity index (χ0n) is 13.5. The Balaban J connectivity index is 1.72. The lowest BCUT2D eigenvalue weighted by molar-refractivity contribution is -0.149. The molecule has 1 heterocycles. The zero-order valence-corrected chi connectivity index (χ0v) is 13.5. The number of fused-ring (bicyclic) bond motifs is 1. The van der Waals surface area contributed by atoms with Crippen LogP contribution in [0.1, 0.15) is 38.8 Å². The lowest BCUT2D eigenvalue weighted by atomic mass is 10.1. The molecule has 0 unspecified atom stereocenters. The molecule has 0 saturated carbocycles. The molecule has 0 fully saturated rings. The Hall–Kier alpha value is -2.95. The molecule has 1 aliphatic heterocycles. The Morgan fingerprint density at radius 1 is 1.00 bits per heavy atom. The number of esters is 1. The number of carbonyl (C=O) groups is 3. The number of hydrogen-bond acceptors (Lipinski definition) is 4. The third-order valence-electron chi connectivity index (χ3n) is 4.19. The highest BCUT2D eigenvalue weighted by molar-refractivity contribution is 6.22. The number of ether oxygens (including phenoxy) is 1. The van der Waals surface area contributed by atoms with Crippen LogP contribution in [0.25, 0.3) is 0 Å². The van der Waals surface area contributed by atoms with Gasteiger partial charge in [-0.2, -0.15) is 0 Å². The summed E-state index contributed by atoms with van der Waals surface area (Å²) in [7, 11) is 0. The summed E-state index contributed by atoms with van der Waals surface area (Å²) in [5.41, 5.74) is 2.54. The monoisotopic (exact) mass is 323 g/mol. The Morgan fingerprint density at radius 3 is 2.12 bits per heavy atom. The first-order chi connectivity index (χ1) is 11.5. The van der Waals surface area contributed by atoms with Gasteiger partial charge in [-0.15, -0.1) is 0 Å². The average molecular weight is 323 g/mol. The third kappa shape index (κ3) is 2.69. The van der Waals surface area contributed by atoms with Crippen LogP contribution in [0.15, 0.2) is 48.5 Å². The van der Waals surface area contributed by atoms with Crippen molar-refractivity contribution in [3.8, 4) is 0 Å². The van der Waals surface area contributed by atoms with Gasteiger partial charge in [0.05, 0.1) is 11.1 Å². The zero-order chi connectivity index (χ0) is 17.3. The van der Waals surface area contributed by atoms with E-state index in [1.807, 2.05) is 31.2 Å². The van der Waals surface area contributed by atoms with Crippen LogP contribution in [0.4, 0.5) is 0 Å². The molecule has 2 aromatic rings. The van der Waals surface area contributed by atoms with Gasteiger partial charge in [0.15, 0.2) is 0 Å². The first kappa shape index (κ1) is 15.9. The SMILES string of the molecule is Cc1ccccc1COC(=O)[C@H](C)N1C(=O)c2ccccc2C1=O. The highest BCUT2D eigenvalue weighted by Gasteiger charge is 2.41. The van der Waals surface area contributed by atoms with Gasteiger partial charge in [0.25, 0.3) is 11.8 Å². The molecule has 2 aromatic carbocycles. The first-order valence-corrected chi connectivity index (χ1v) is 7.68. The van der Waals surface area contributed by atoms with E-state index in [4.69, 9.17) is 4.74 Å². The number of nitrogens with zero attached hydrogens (tertiary/aromatic N) is 1. The van der Waals surface area contributed by atoms with Crippen molar-refractivity contribution in [2.75, 3.05) is 0 Å². The van der Waals surface area contributed by atoms with Crippen LogP contribution in [0.3, 0.4) is 0 Å². The van der Waals surface area contributed by atoms with Crippen molar-refractivity contribution in [3.63, 3.8) is 0 Å². The van der Waals surface area contributed by atoms with E-state index in [-0.39, 0.29) is 6.61 Å². The number of rotatable bonds is 4. The van der Waals surface area contributed by atoms with Crippen LogP contribution in [0, 0.1) is 6.92 Å². The van der Waals surface area contributed by atoms with Gasteiger partial charge in [0.1, 0.15) is 12.6 Å². The molecular weight excluding hydrogens is 306 g/mol. The lowest BCUT2D eigenvalue weighted by Crippen LogP contribution is -2.43. The highest BCUT2D eigenvalue weighted by Crippen LogP contribution is 2.25.